The van der Waals surface area contributed by atoms with Crippen molar-refractivity contribution in [3.8, 4) is 5.75 Å². The fraction of sp³-hybridized carbons (Fsp3) is 0.316. The van der Waals surface area contributed by atoms with Crippen molar-refractivity contribution in [2.45, 2.75) is 18.7 Å². The van der Waals surface area contributed by atoms with E-state index in [2.05, 4.69) is 18.1 Å². The average molecular weight is 414 g/mol. The first-order valence-corrected chi connectivity index (χ1v) is 8.92. The second-order valence-corrected chi connectivity index (χ2v) is 6.52. The number of alkyl halides is 3. The van der Waals surface area contributed by atoms with Gasteiger partial charge in [-0.3, -0.25) is 4.31 Å². The number of aliphatic hydroxyl groups is 1. The predicted molar refractivity (Wildman–Crippen MR) is 102 cm³/mol. The van der Waals surface area contributed by atoms with Gasteiger partial charge in [0, 0.05) is 6.54 Å². The number of urea groups is 1. The highest BCUT2D eigenvalue weighted by molar-refractivity contribution is 7.78. The van der Waals surface area contributed by atoms with Crippen LogP contribution in [-0.2, 0) is 12.6 Å². The number of carbonyl (C=O) groups excluding carboxylic acids is 1. The Labute approximate surface area is 166 Å². The largest absolute Gasteiger partial charge is 0.491 e. The van der Waals surface area contributed by atoms with Gasteiger partial charge in [-0.05, 0) is 36.2 Å². The minimum atomic E-state index is -4.42. The number of hydrogen-bond donors (Lipinski definition) is 3. The summed E-state index contributed by atoms with van der Waals surface area (Å²) in [7, 11) is 0. The Bertz CT molecular complexity index is 742. The van der Waals surface area contributed by atoms with Gasteiger partial charge < -0.3 is 15.2 Å². The van der Waals surface area contributed by atoms with Crippen LogP contribution < -0.4 is 10.1 Å². The molecule has 1 unspecified atom stereocenters. The summed E-state index contributed by atoms with van der Waals surface area (Å²) in [6.45, 7) is 0.110. The van der Waals surface area contributed by atoms with Crippen LogP contribution in [0.1, 0.15) is 11.1 Å². The van der Waals surface area contributed by atoms with Crippen LogP contribution in [0.15, 0.2) is 54.6 Å². The molecule has 0 aliphatic heterocycles. The van der Waals surface area contributed by atoms with Crippen molar-refractivity contribution in [1.29, 1.82) is 0 Å². The minimum absolute atomic E-state index is 0.110. The van der Waals surface area contributed by atoms with Crippen molar-refractivity contribution < 1.29 is 27.8 Å². The number of amides is 2. The third-order valence-electron chi connectivity index (χ3n) is 3.77. The number of carbonyl (C=O) groups is 1. The van der Waals surface area contributed by atoms with E-state index in [0.717, 1.165) is 22.0 Å². The second kappa shape index (κ2) is 10.2. The summed E-state index contributed by atoms with van der Waals surface area (Å²) in [4.78, 5) is 12.0. The van der Waals surface area contributed by atoms with Gasteiger partial charge in [-0.15, -0.1) is 0 Å². The molecule has 0 heterocycles. The molecule has 2 aromatic carbocycles. The molecular formula is C19H21F3N2O3S. The molecule has 2 aromatic rings. The van der Waals surface area contributed by atoms with E-state index in [1.54, 1.807) is 0 Å². The molecule has 0 saturated heterocycles. The number of thiol groups is 1. The Balaban J connectivity index is 1.69. The molecule has 9 heteroatoms. The zero-order valence-electron chi connectivity index (χ0n) is 14.9. The first-order chi connectivity index (χ1) is 13.3. The Hall–Kier alpha value is -2.39. The van der Waals surface area contributed by atoms with Gasteiger partial charge in [0.05, 0.1) is 12.1 Å². The summed E-state index contributed by atoms with van der Waals surface area (Å²) in [5, 5.41) is 12.6. The molecule has 2 rings (SSSR count). The van der Waals surface area contributed by atoms with Crippen LogP contribution in [-0.4, -0.2) is 41.2 Å². The van der Waals surface area contributed by atoms with Crippen LogP contribution in [0.25, 0.3) is 0 Å². The van der Waals surface area contributed by atoms with Crippen molar-refractivity contribution in [2.24, 2.45) is 0 Å². The second-order valence-electron chi connectivity index (χ2n) is 6.04. The standard InChI is InChI=1S/C19H21F3N2O3S/c20-19(21,22)15-6-8-17(9-7-15)27-13-16(25)12-24(28)18(26)23-11-10-14-4-2-1-3-5-14/h1-9,16,25,28H,10-13H2,(H,23,26). The van der Waals surface area contributed by atoms with Gasteiger partial charge in [-0.25, -0.2) is 4.79 Å². The van der Waals surface area contributed by atoms with Crippen molar-refractivity contribution in [3.05, 3.63) is 65.7 Å². The summed E-state index contributed by atoms with van der Waals surface area (Å²) in [5.41, 5.74) is 0.299. The lowest BCUT2D eigenvalue weighted by atomic mass is 10.1. The third-order valence-corrected chi connectivity index (χ3v) is 4.12. The van der Waals surface area contributed by atoms with Crippen LogP contribution in [0.5, 0.6) is 5.75 Å². The van der Waals surface area contributed by atoms with Gasteiger partial charge in [0.15, 0.2) is 0 Å². The molecular weight excluding hydrogens is 393 g/mol. The lowest BCUT2D eigenvalue weighted by Gasteiger charge is -2.20. The number of hydrogen-bond acceptors (Lipinski definition) is 4. The summed E-state index contributed by atoms with van der Waals surface area (Å²) < 4.78 is 43.8. The van der Waals surface area contributed by atoms with E-state index >= 15 is 0 Å². The molecule has 0 radical (unpaired) electrons. The maximum Gasteiger partial charge on any atom is 0.416 e. The number of halogens is 3. The molecule has 2 N–H and O–H groups in total. The molecule has 1 atom stereocenters. The number of nitrogens with zero attached hydrogens (tertiary/aromatic N) is 1. The SMILES string of the molecule is O=C(NCCc1ccccc1)N(S)CC(O)COc1ccc(C(F)(F)F)cc1. The third kappa shape index (κ3) is 7.32. The van der Waals surface area contributed by atoms with E-state index < -0.39 is 23.9 Å². The zero-order chi connectivity index (χ0) is 20.6. The topological polar surface area (TPSA) is 61.8 Å². The van der Waals surface area contributed by atoms with Crippen molar-refractivity contribution in [2.75, 3.05) is 19.7 Å². The number of nitrogens with one attached hydrogen (secondary N) is 1. The summed E-state index contributed by atoms with van der Waals surface area (Å²) in [6.07, 6.45) is -4.81. The molecule has 28 heavy (non-hydrogen) atoms. The van der Waals surface area contributed by atoms with E-state index in [1.165, 1.54) is 12.1 Å². The summed E-state index contributed by atoms with van der Waals surface area (Å²) >= 11 is 4.03. The molecule has 2 amide bonds. The van der Waals surface area contributed by atoms with E-state index in [9.17, 15) is 23.1 Å². The van der Waals surface area contributed by atoms with Gasteiger partial charge in [0.25, 0.3) is 0 Å². The van der Waals surface area contributed by atoms with Crippen molar-refractivity contribution >= 4 is 18.8 Å². The monoisotopic (exact) mass is 414 g/mol. The van der Waals surface area contributed by atoms with Gasteiger partial charge in [-0.2, -0.15) is 13.2 Å². The van der Waals surface area contributed by atoms with Crippen LogP contribution >= 0.6 is 12.8 Å². The smallest absolute Gasteiger partial charge is 0.416 e. The molecule has 0 aliphatic carbocycles. The first kappa shape index (κ1) is 21.9. The quantitative estimate of drug-likeness (QED) is 0.579. The fourth-order valence-corrected chi connectivity index (χ4v) is 2.58. The molecule has 0 aromatic heterocycles. The van der Waals surface area contributed by atoms with E-state index in [0.29, 0.717) is 13.0 Å². The number of benzene rings is 2. The van der Waals surface area contributed by atoms with E-state index in [1.807, 2.05) is 30.3 Å². The number of rotatable bonds is 8. The highest BCUT2D eigenvalue weighted by Gasteiger charge is 2.30. The summed E-state index contributed by atoms with van der Waals surface area (Å²) in [5.74, 6) is 0.185. The molecule has 0 bridgehead atoms. The number of ether oxygens (including phenoxy) is 1. The van der Waals surface area contributed by atoms with Gasteiger partial charge in [-0.1, -0.05) is 43.1 Å². The predicted octanol–water partition coefficient (Wildman–Crippen LogP) is 3.54. The minimum Gasteiger partial charge on any atom is -0.491 e. The fourth-order valence-electron chi connectivity index (χ4n) is 2.32. The molecule has 0 aliphatic rings. The highest BCUT2D eigenvalue weighted by Crippen LogP contribution is 2.30. The summed E-state index contributed by atoms with van der Waals surface area (Å²) in [6, 6.07) is 13.3. The van der Waals surface area contributed by atoms with Gasteiger partial charge >= 0.3 is 12.2 Å². The maximum absolute atomic E-state index is 12.5. The normalized spacial score (nSPS) is 12.3. The van der Waals surface area contributed by atoms with Crippen molar-refractivity contribution in [3.63, 3.8) is 0 Å². The van der Waals surface area contributed by atoms with E-state index in [-0.39, 0.29) is 18.9 Å². The van der Waals surface area contributed by atoms with E-state index in [4.69, 9.17) is 4.74 Å². The lowest BCUT2D eigenvalue weighted by molar-refractivity contribution is -0.137. The molecule has 0 spiro atoms. The van der Waals surface area contributed by atoms with Crippen LogP contribution in [0, 0.1) is 0 Å². The van der Waals surface area contributed by atoms with Crippen LogP contribution in [0.3, 0.4) is 0 Å². The Morgan fingerprint density at radius 3 is 2.39 bits per heavy atom. The number of aliphatic hydroxyl groups excluding tert-OH is 1. The van der Waals surface area contributed by atoms with Gasteiger partial charge in [0.2, 0.25) is 0 Å². The average Bonchev–Trinajstić information content (AvgIpc) is 2.66. The Morgan fingerprint density at radius 1 is 1.14 bits per heavy atom. The maximum atomic E-state index is 12.5. The van der Waals surface area contributed by atoms with Crippen LogP contribution in [0.4, 0.5) is 18.0 Å². The first-order valence-electron chi connectivity index (χ1n) is 8.52. The van der Waals surface area contributed by atoms with Crippen LogP contribution in [0.2, 0.25) is 0 Å². The molecule has 0 fully saturated rings. The lowest BCUT2D eigenvalue weighted by Crippen LogP contribution is -2.40. The highest BCUT2D eigenvalue weighted by atomic mass is 32.1. The molecule has 5 nitrogen and oxygen atoms in total. The molecule has 152 valence electrons. The van der Waals surface area contributed by atoms with Crippen molar-refractivity contribution in [1.82, 2.24) is 9.62 Å². The Kier molecular flexibility index (Phi) is 8.01. The Morgan fingerprint density at radius 2 is 1.79 bits per heavy atom. The molecule has 0 saturated carbocycles. The van der Waals surface area contributed by atoms with Gasteiger partial charge in [0.1, 0.15) is 18.5 Å². The zero-order valence-corrected chi connectivity index (χ0v) is 15.8.